The van der Waals surface area contributed by atoms with E-state index in [1.807, 2.05) is 56.3 Å². The first-order valence-corrected chi connectivity index (χ1v) is 10.5. The van der Waals surface area contributed by atoms with Crippen molar-refractivity contribution in [3.05, 3.63) is 83.6 Å². The van der Waals surface area contributed by atoms with E-state index >= 15 is 0 Å². The van der Waals surface area contributed by atoms with Gasteiger partial charge in [-0.3, -0.25) is 4.72 Å². The number of sulfonamides is 1. The Kier molecular flexibility index (Phi) is 4.51. The number of allylic oxidation sites excluding steroid dienone is 3. The highest BCUT2D eigenvalue weighted by molar-refractivity contribution is 7.89. The highest BCUT2D eigenvalue weighted by Gasteiger charge is 2.29. The van der Waals surface area contributed by atoms with Gasteiger partial charge in [-0.05, 0) is 55.5 Å². The van der Waals surface area contributed by atoms with Crippen molar-refractivity contribution < 1.29 is 13.2 Å². The summed E-state index contributed by atoms with van der Waals surface area (Å²) < 4.78 is 34.2. The Labute approximate surface area is 165 Å². The predicted molar refractivity (Wildman–Crippen MR) is 112 cm³/mol. The zero-order valence-electron chi connectivity index (χ0n) is 16.0. The van der Waals surface area contributed by atoms with E-state index in [-0.39, 0.29) is 11.0 Å². The van der Waals surface area contributed by atoms with Crippen LogP contribution in [0.15, 0.2) is 77.4 Å². The normalized spacial score (nSPS) is 17.6. The van der Waals surface area contributed by atoms with E-state index in [0.717, 1.165) is 28.1 Å². The average Bonchev–Trinajstić information content (AvgIpc) is 2.86. The van der Waals surface area contributed by atoms with Crippen LogP contribution < -0.4 is 14.4 Å². The van der Waals surface area contributed by atoms with Crippen LogP contribution in [-0.4, -0.2) is 28.6 Å². The molecule has 0 bridgehead atoms. The summed E-state index contributed by atoms with van der Waals surface area (Å²) in [5.41, 5.74) is 4.48. The molecule has 1 atom stereocenters. The summed E-state index contributed by atoms with van der Waals surface area (Å²) in [5, 5.41) is 0. The molecule has 2 aliphatic rings. The summed E-state index contributed by atoms with van der Waals surface area (Å²) >= 11 is 0. The monoisotopic (exact) mass is 394 g/mol. The molecule has 28 heavy (non-hydrogen) atoms. The quantitative estimate of drug-likeness (QED) is 0.860. The fourth-order valence-corrected chi connectivity index (χ4v) is 4.30. The van der Waals surface area contributed by atoms with Crippen LogP contribution in [0.1, 0.15) is 11.1 Å². The van der Waals surface area contributed by atoms with Gasteiger partial charge in [0.2, 0.25) is 0 Å². The van der Waals surface area contributed by atoms with Gasteiger partial charge < -0.3 is 9.64 Å². The third-order valence-corrected chi connectivity index (χ3v) is 6.20. The van der Waals surface area contributed by atoms with Gasteiger partial charge in [0, 0.05) is 36.6 Å². The van der Waals surface area contributed by atoms with Crippen molar-refractivity contribution >= 4 is 21.3 Å². The molecule has 0 fully saturated rings. The Balaban J connectivity index is 1.68. The molecule has 0 amide bonds. The lowest BCUT2D eigenvalue weighted by Gasteiger charge is -2.13. The first-order valence-electron chi connectivity index (χ1n) is 9.01. The summed E-state index contributed by atoms with van der Waals surface area (Å²) in [5.74, 6) is 0.800. The van der Waals surface area contributed by atoms with E-state index in [2.05, 4.69) is 10.8 Å². The first-order chi connectivity index (χ1) is 13.3. The molecule has 2 aromatic rings. The van der Waals surface area contributed by atoms with Crippen LogP contribution in [0.2, 0.25) is 0 Å². The molecule has 0 spiro atoms. The molecule has 2 aromatic carbocycles. The number of nitrogens with zero attached hydrogens (tertiary/aromatic N) is 1. The number of benzene rings is 2. The van der Waals surface area contributed by atoms with Crippen LogP contribution in [0, 0.1) is 6.92 Å². The highest BCUT2D eigenvalue weighted by Crippen LogP contribution is 2.41. The molecule has 1 N–H and O–H groups in total. The van der Waals surface area contributed by atoms with Crippen molar-refractivity contribution in [1.29, 1.82) is 0 Å². The Hall–Kier alpha value is -2.99. The van der Waals surface area contributed by atoms with Crippen LogP contribution in [-0.2, 0) is 10.0 Å². The minimum atomic E-state index is -3.67. The van der Waals surface area contributed by atoms with Gasteiger partial charge in [0.25, 0.3) is 10.0 Å². The lowest BCUT2D eigenvalue weighted by molar-refractivity contribution is 0.323. The minimum Gasteiger partial charge on any atom is -0.481 e. The number of fused-ring (bicyclic) bond motifs is 3. The molecule has 0 radical (unpaired) electrons. The Morgan fingerprint density at radius 3 is 2.54 bits per heavy atom. The molecule has 0 aromatic heterocycles. The van der Waals surface area contributed by atoms with Gasteiger partial charge in [0.05, 0.1) is 4.90 Å². The number of rotatable bonds is 4. The fourth-order valence-electron chi connectivity index (χ4n) is 3.25. The van der Waals surface area contributed by atoms with Gasteiger partial charge in [-0.2, -0.15) is 0 Å². The van der Waals surface area contributed by atoms with Crippen molar-refractivity contribution in [2.45, 2.75) is 17.9 Å². The standard InChI is InChI=1S/C22H22N2O3S/c1-15-7-10-18(11-8-15)28(25,26)23-16-5-4-6-21-19(13-16)20-14-17(24(2)3)9-12-22(20)27-21/h4-14,21,23H,1-3H3. The fraction of sp³-hybridized carbons (Fsp3) is 0.182. The van der Waals surface area contributed by atoms with E-state index in [4.69, 9.17) is 4.74 Å². The van der Waals surface area contributed by atoms with E-state index in [0.29, 0.717) is 5.70 Å². The maximum atomic E-state index is 12.8. The lowest BCUT2D eigenvalue weighted by Crippen LogP contribution is -2.22. The van der Waals surface area contributed by atoms with Gasteiger partial charge in [-0.15, -0.1) is 0 Å². The number of hydrogen-bond donors (Lipinski definition) is 1. The van der Waals surface area contributed by atoms with E-state index in [1.54, 1.807) is 30.3 Å². The van der Waals surface area contributed by atoms with E-state index in [9.17, 15) is 8.42 Å². The third kappa shape index (κ3) is 3.43. The molecule has 1 heterocycles. The van der Waals surface area contributed by atoms with Crippen molar-refractivity contribution in [3.63, 3.8) is 0 Å². The molecule has 6 heteroatoms. The maximum Gasteiger partial charge on any atom is 0.261 e. The van der Waals surface area contributed by atoms with Crippen molar-refractivity contribution in [1.82, 2.24) is 4.72 Å². The SMILES string of the molecule is Cc1ccc(S(=O)(=O)NC2=CC=CC3Oc4ccc(N(C)C)cc4C3=C2)cc1. The molecule has 144 valence electrons. The molecule has 1 aliphatic carbocycles. The lowest BCUT2D eigenvalue weighted by atomic mass is 10.0. The third-order valence-electron chi connectivity index (χ3n) is 4.81. The van der Waals surface area contributed by atoms with Crippen LogP contribution in [0.5, 0.6) is 5.75 Å². The topological polar surface area (TPSA) is 58.6 Å². The second kappa shape index (κ2) is 6.87. The Bertz CT molecular complexity index is 1110. The molecule has 1 aliphatic heterocycles. The van der Waals surface area contributed by atoms with E-state index < -0.39 is 10.0 Å². The number of hydrogen-bond acceptors (Lipinski definition) is 4. The minimum absolute atomic E-state index is 0.231. The van der Waals surface area contributed by atoms with Gasteiger partial charge in [0.1, 0.15) is 11.9 Å². The molecular formula is C22H22N2O3S. The van der Waals surface area contributed by atoms with Gasteiger partial charge in [-0.1, -0.05) is 23.8 Å². The highest BCUT2D eigenvalue weighted by atomic mass is 32.2. The molecular weight excluding hydrogens is 372 g/mol. The molecule has 5 nitrogen and oxygen atoms in total. The number of anilines is 1. The largest absolute Gasteiger partial charge is 0.481 e. The Morgan fingerprint density at radius 1 is 1.07 bits per heavy atom. The first kappa shape index (κ1) is 18.4. The average molecular weight is 394 g/mol. The summed E-state index contributed by atoms with van der Waals surface area (Å²) in [6, 6.07) is 12.8. The van der Waals surface area contributed by atoms with Crippen LogP contribution in [0.25, 0.3) is 5.57 Å². The number of ether oxygens (including phenoxy) is 1. The van der Waals surface area contributed by atoms with Gasteiger partial charge in [0.15, 0.2) is 0 Å². The summed E-state index contributed by atoms with van der Waals surface area (Å²) in [6.45, 7) is 1.92. The second-order valence-corrected chi connectivity index (χ2v) is 8.82. The molecule has 1 unspecified atom stereocenters. The summed E-state index contributed by atoms with van der Waals surface area (Å²) in [4.78, 5) is 2.26. The van der Waals surface area contributed by atoms with Crippen LogP contribution in [0.3, 0.4) is 0 Å². The Morgan fingerprint density at radius 2 is 1.82 bits per heavy atom. The second-order valence-electron chi connectivity index (χ2n) is 7.14. The summed E-state index contributed by atoms with van der Waals surface area (Å²) in [6.07, 6.45) is 7.11. The van der Waals surface area contributed by atoms with E-state index in [1.165, 1.54) is 0 Å². The summed E-state index contributed by atoms with van der Waals surface area (Å²) in [7, 11) is 0.301. The van der Waals surface area contributed by atoms with Crippen molar-refractivity contribution in [3.8, 4) is 5.75 Å². The van der Waals surface area contributed by atoms with Crippen LogP contribution >= 0.6 is 0 Å². The zero-order chi connectivity index (χ0) is 19.9. The zero-order valence-corrected chi connectivity index (χ0v) is 16.8. The molecule has 0 saturated carbocycles. The van der Waals surface area contributed by atoms with Crippen LogP contribution in [0.4, 0.5) is 5.69 Å². The molecule has 4 rings (SSSR count). The number of aryl methyl sites for hydroxylation is 1. The molecule has 0 saturated heterocycles. The van der Waals surface area contributed by atoms with Gasteiger partial charge >= 0.3 is 0 Å². The van der Waals surface area contributed by atoms with Gasteiger partial charge in [-0.25, -0.2) is 8.42 Å². The van der Waals surface area contributed by atoms with Crippen molar-refractivity contribution in [2.24, 2.45) is 0 Å². The number of nitrogens with one attached hydrogen (secondary N) is 1. The smallest absolute Gasteiger partial charge is 0.261 e. The predicted octanol–water partition coefficient (Wildman–Crippen LogP) is 3.64. The maximum absolute atomic E-state index is 12.8. The van der Waals surface area contributed by atoms with Crippen molar-refractivity contribution in [2.75, 3.05) is 19.0 Å².